The highest BCUT2D eigenvalue weighted by molar-refractivity contribution is 6.08. The molecule has 0 bridgehead atoms. The summed E-state index contributed by atoms with van der Waals surface area (Å²) in [7, 11) is 2.88. The monoisotopic (exact) mass is 382 g/mol. The molecule has 2 N–H and O–H groups in total. The van der Waals surface area contributed by atoms with Crippen molar-refractivity contribution in [1.29, 1.82) is 0 Å². The fraction of sp³-hybridized carbons (Fsp3) is 0.222. The van der Waals surface area contributed by atoms with E-state index in [1.54, 1.807) is 6.07 Å². The van der Waals surface area contributed by atoms with Crippen LogP contribution >= 0.6 is 0 Å². The summed E-state index contributed by atoms with van der Waals surface area (Å²) in [6.07, 6.45) is -5.27. The van der Waals surface area contributed by atoms with E-state index in [0.717, 1.165) is 12.1 Å². The van der Waals surface area contributed by atoms with Crippen LogP contribution in [0.2, 0.25) is 0 Å². The third kappa shape index (κ3) is 5.37. The molecule has 2 amide bonds. The summed E-state index contributed by atoms with van der Waals surface area (Å²) in [5.41, 5.74) is -1.05. The summed E-state index contributed by atoms with van der Waals surface area (Å²) < 4.78 is 49.0. The molecule has 2 aromatic rings. The molecular formula is C18H17F3N2O4. The lowest BCUT2D eigenvalue weighted by molar-refractivity contribution is -0.137. The first kappa shape index (κ1) is 20.1. The first-order valence-electron chi connectivity index (χ1n) is 7.72. The molecule has 0 saturated carbocycles. The van der Waals surface area contributed by atoms with Gasteiger partial charge < -0.3 is 20.1 Å². The Balaban J connectivity index is 2.02. The van der Waals surface area contributed by atoms with Gasteiger partial charge in [0.2, 0.25) is 11.8 Å². The first-order valence-corrected chi connectivity index (χ1v) is 7.72. The number of anilines is 2. The Morgan fingerprint density at radius 2 is 1.56 bits per heavy atom. The molecule has 27 heavy (non-hydrogen) atoms. The molecule has 0 spiro atoms. The topological polar surface area (TPSA) is 76.7 Å². The lowest BCUT2D eigenvalue weighted by Crippen LogP contribution is -2.22. The van der Waals surface area contributed by atoms with Crippen LogP contribution in [0, 0.1) is 0 Å². The maximum absolute atomic E-state index is 12.9. The number of methoxy groups -OCH3 is 2. The number of alkyl halides is 3. The summed E-state index contributed by atoms with van der Waals surface area (Å²) >= 11 is 0. The number of para-hydroxylation sites is 1. The molecule has 0 aliphatic carbocycles. The van der Waals surface area contributed by atoms with Crippen molar-refractivity contribution in [1.82, 2.24) is 0 Å². The number of hydrogen-bond acceptors (Lipinski definition) is 4. The normalized spacial score (nSPS) is 10.9. The van der Waals surface area contributed by atoms with Gasteiger partial charge in [0.1, 0.15) is 6.42 Å². The van der Waals surface area contributed by atoms with Crippen molar-refractivity contribution in [2.75, 3.05) is 24.9 Å². The van der Waals surface area contributed by atoms with E-state index in [9.17, 15) is 22.8 Å². The van der Waals surface area contributed by atoms with E-state index < -0.39 is 35.7 Å². The molecule has 0 aromatic heterocycles. The second-order valence-electron chi connectivity index (χ2n) is 5.39. The van der Waals surface area contributed by atoms with E-state index in [-0.39, 0.29) is 0 Å². The maximum atomic E-state index is 12.9. The van der Waals surface area contributed by atoms with E-state index >= 15 is 0 Å². The van der Waals surface area contributed by atoms with Crippen molar-refractivity contribution in [2.45, 2.75) is 12.6 Å². The summed E-state index contributed by atoms with van der Waals surface area (Å²) in [5, 5.41) is 4.58. The molecule has 0 atom stereocenters. The van der Waals surface area contributed by atoms with Crippen LogP contribution in [-0.4, -0.2) is 26.0 Å². The van der Waals surface area contributed by atoms with E-state index in [0.29, 0.717) is 17.2 Å². The smallest absolute Gasteiger partial charge is 0.418 e. The lowest BCUT2D eigenvalue weighted by atomic mass is 10.1. The molecule has 0 aliphatic rings. The molecule has 2 aromatic carbocycles. The summed E-state index contributed by atoms with van der Waals surface area (Å²) in [4.78, 5) is 23.9. The predicted octanol–water partition coefficient (Wildman–Crippen LogP) is 3.69. The van der Waals surface area contributed by atoms with Gasteiger partial charge in [-0.2, -0.15) is 13.2 Å². The molecule has 9 heteroatoms. The Bertz CT molecular complexity index is 838. The van der Waals surface area contributed by atoms with Gasteiger partial charge in [0.25, 0.3) is 0 Å². The minimum absolute atomic E-state index is 0.348. The Kier molecular flexibility index (Phi) is 6.27. The van der Waals surface area contributed by atoms with Crippen molar-refractivity contribution in [2.24, 2.45) is 0 Å². The standard InChI is InChI=1S/C18H17F3N2O4/c1-26-14-8-7-11(9-15(14)27-2)22-16(24)10-17(25)23-13-6-4-3-5-12(13)18(19,20)21/h3-9H,10H2,1-2H3,(H,22,24)(H,23,25). The Morgan fingerprint density at radius 3 is 2.19 bits per heavy atom. The average Bonchev–Trinajstić information content (AvgIpc) is 2.60. The molecule has 0 fully saturated rings. The summed E-state index contributed by atoms with van der Waals surface area (Å²) in [5.74, 6) is -0.732. The number of nitrogens with one attached hydrogen (secondary N) is 2. The van der Waals surface area contributed by atoms with Gasteiger partial charge in [-0.3, -0.25) is 9.59 Å². The lowest BCUT2D eigenvalue weighted by Gasteiger charge is -2.13. The van der Waals surface area contributed by atoms with Crippen molar-refractivity contribution in [3.63, 3.8) is 0 Å². The zero-order chi connectivity index (χ0) is 20.0. The number of amides is 2. The summed E-state index contributed by atoms with van der Waals surface area (Å²) in [6.45, 7) is 0. The SMILES string of the molecule is COc1ccc(NC(=O)CC(=O)Nc2ccccc2C(F)(F)F)cc1OC. The number of benzene rings is 2. The van der Waals surface area contributed by atoms with Crippen LogP contribution in [0.3, 0.4) is 0 Å². The van der Waals surface area contributed by atoms with Crippen molar-refractivity contribution in [3.05, 3.63) is 48.0 Å². The maximum Gasteiger partial charge on any atom is 0.418 e. The molecule has 0 saturated heterocycles. The van der Waals surface area contributed by atoms with Crippen LogP contribution in [0.1, 0.15) is 12.0 Å². The van der Waals surface area contributed by atoms with Gasteiger partial charge in [0, 0.05) is 11.8 Å². The Morgan fingerprint density at radius 1 is 0.926 bits per heavy atom. The number of rotatable bonds is 6. The van der Waals surface area contributed by atoms with Gasteiger partial charge in [-0.05, 0) is 24.3 Å². The second kappa shape index (κ2) is 8.43. The third-order valence-electron chi connectivity index (χ3n) is 3.49. The largest absolute Gasteiger partial charge is 0.493 e. The second-order valence-corrected chi connectivity index (χ2v) is 5.39. The highest BCUT2D eigenvalue weighted by atomic mass is 19.4. The van der Waals surface area contributed by atoms with Crippen LogP contribution in [-0.2, 0) is 15.8 Å². The van der Waals surface area contributed by atoms with Crippen molar-refractivity contribution < 1.29 is 32.2 Å². The highest BCUT2D eigenvalue weighted by Crippen LogP contribution is 2.34. The quantitative estimate of drug-likeness (QED) is 0.747. The molecule has 0 aliphatic heterocycles. The molecule has 0 heterocycles. The first-order chi connectivity index (χ1) is 12.7. The minimum Gasteiger partial charge on any atom is -0.493 e. The number of hydrogen-bond donors (Lipinski definition) is 2. The minimum atomic E-state index is -4.62. The Hall–Kier alpha value is -3.23. The highest BCUT2D eigenvalue weighted by Gasteiger charge is 2.33. The Labute approximate surface area is 153 Å². The number of carbonyl (C=O) groups excluding carboxylic acids is 2. The number of halogens is 3. The van der Waals surface area contributed by atoms with Crippen LogP contribution in [0.25, 0.3) is 0 Å². The summed E-state index contributed by atoms with van der Waals surface area (Å²) in [6, 6.07) is 9.13. The predicted molar refractivity (Wildman–Crippen MR) is 92.9 cm³/mol. The molecule has 2 rings (SSSR count). The van der Waals surface area contributed by atoms with E-state index in [1.807, 2.05) is 0 Å². The zero-order valence-electron chi connectivity index (χ0n) is 14.5. The molecular weight excluding hydrogens is 365 g/mol. The van der Waals surface area contributed by atoms with E-state index in [1.165, 1.54) is 38.5 Å². The van der Waals surface area contributed by atoms with Gasteiger partial charge in [-0.25, -0.2) is 0 Å². The van der Waals surface area contributed by atoms with Crippen LogP contribution in [0.5, 0.6) is 11.5 Å². The third-order valence-corrected chi connectivity index (χ3v) is 3.49. The molecule has 0 unspecified atom stereocenters. The number of carbonyl (C=O) groups is 2. The average molecular weight is 382 g/mol. The zero-order valence-corrected chi connectivity index (χ0v) is 14.5. The van der Waals surface area contributed by atoms with Gasteiger partial charge in [0.15, 0.2) is 11.5 Å². The number of ether oxygens (including phenoxy) is 2. The van der Waals surface area contributed by atoms with Crippen LogP contribution in [0.4, 0.5) is 24.5 Å². The van der Waals surface area contributed by atoms with Gasteiger partial charge in [-0.1, -0.05) is 12.1 Å². The van der Waals surface area contributed by atoms with E-state index in [4.69, 9.17) is 9.47 Å². The molecule has 6 nitrogen and oxygen atoms in total. The fourth-order valence-electron chi connectivity index (χ4n) is 2.30. The van der Waals surface area contributed by atoms with Gasteiger partial charge >= 0.3 is 6.18 Å². The van der Waals surface area contributed by atoms with Crippen LogP contribution < -0.4 is 20.1 Å². The van der Waals surface area contributed by atoms with Crippen molar-refractivity contribution in [3.8, 4) is 11.5 Å². The van der Waals surface area contributed by atoms with Gasteiger partial charge in [0.05, 0.1) is 25.5 Å². The molecule has 0 radical (unpaired) electrons. The van der Waals surface area contributed by atoms with Crippen molar-refractivity contribution >= 4 is 23.2 Å². The van der Waals surface area contributed by atoms with E-state index in [2.05, 4.69) is 10.6 Å². The van der Waals surface area contributed by atoms with Crippen LogP contribution in [0.15, 0.2) is 42.5 Å². The fourth-order valence-corrected chi connectivity index (χ4v) is 2.30. The molecule has 144 valence electrons. The van der Waals surface area contributed by atoms with Gasteiger partial charge in [-0.15, -0.1) is 0 Å².